The molecule has 138 valence electrons. The maximum absolute atomic E-state index is 12.1. The minimum Gasteiger partial charge on any atom is -0.461 e. The number of ketones is 1. The molecular formula is C21H25NO4. The topological polar surface area (TPSA) is 59.8 Å². The predicted octanol–water partition coefficient (Wildman–Crippen LogP) is 3.80. The van der Waals surface area contributed by atoms with Crippen LogP contribution in [0, 0.1) is 0 Å². The largest absolute Gasteiger partial charge is 0.461 e. The summed E-state index contributed by atoms with van der Waals surface area (Å²) in [7, 11) is 0. The van der Waals surface area contributed by atoms with E-state index in [9.17, 15) is 9.59 Å². The van der Waals surface area contributed by atoms with Gasteiger partial charge < -0.3 is 14.1 Å². The van der Waals surface area contributed by atoms with Gasteiger partial charge in [0.05, 0.1) is 6.26 Å². The molecule has 5 nitrogen and oxygen atoms in total. The van der Waals surface area contributed by atoms with Crippen molar-refractivity contribution in [2.75, 3.05) is 19.6 Å². The van der Waals surface area contributed by atoms with Crippen molar-refractivity contribution in [3.05, 3.63) is 60.1 Å². The van der Waals surface area contributed by atoms with Gasteiger partial charge in [0, 0.05) is 45.3 Å². The SMILES string of the molecule is CCC(=O)OC1(c2ccccc2)CCN(CCC(=O)c2ccco2)CC1. The number of nitrogens with zero attached hydrogens (tertiary/aromatic N) is 1. The number of hydrogen-bond donors (Lipinski definition) is 0. The molecule has 2 heterocycles. The van der Waals surface area contributed by atoms with Crippen molar-refractivity contribution in [3.8, 4) is 0 Å². The first-order valence-corrected chi connectivity index (χ1v) is 9.19. The molecule has 0 bridgehead atoms. The zero-order valence-electron chi connectivity index (χ0n) is 15.1. The first kappa shape index (κ1) is 18.4. The van der Waals surface area contributed by atoms with Gasteiger partial charge in [0.1, 0.15) is 5.60 Å². The van der Waals surface area contributed by atoms with Crippen LogP contribution in [0.1, 0.15) is 48.7 Å². The molecule has 0 unspecified atom stereocenters. The van der Waals surface area contributed by atoms with E-state index >= 15 is 0 Å². The summed E-state index contributed by atoms with van der Waals surface area (Å²) in [5.41, 5.74) is 0.490. The van der Waals surface area contributed by atoms with E-state index in [0.29, 0.717) is 25.1 Å². The highest BCUT2D eigenvalue weighted by atomic mass is 16.6. The van der Waals surface area contributed by atoms with Gasteiger partial charge in [-0.2, -0.15) is 0 Å². The first-order chi connectivity index (χ1) is 12.6. The highest BCUT2D eigenvalue weighted by Crippen LogP contribution is 2.37. The highest BCUT2D eigenvalue weighted by molar-refractivity contribution is 5.93. The van der Waals surface area contributed by atoms with E-state index in [1.54, 1.807) is 12.1 Å². The molecule has 2 aromatic rings. The molecule has 0 saturated carbocycles. The molecule has 1 aromatic carbocycles. The van der Waals surface area contributed by atoms with Crippen LogP contribution in [0.15, 0.2) is 53.1 Å². The van der Waals surface area contributed by atoms with Crippen LogP contribution >= 0.6 is 0 Å². The van der Waals surface area contributed by atoms with E-state index in [1.807, 2.05) is 37.3 Å². The Bertz CT molecular complexity index is 716. The molecule has 0 aliphatic carbocycles. The third kappa shape index (κ3) is 4.22. The fourth-order valence-corrected chi connectivity index (χ4v) is 3.44. The number of piperidine rings is 1. The Labute approximate surface area is 153 Å². The van der Waals surface area contributed by atoms with Crippen LogP contribution in [0.2, 0.25) is 0 Å². The minimum absolute atomic E-state index is 0.0207. The summed E-state index contributed by atoms with van der Waals surface area (Å²) in [5, 5.41) is 0. The van der Waals surface area contributed by atoms with Crippen LogP contribution in [-0.4, -0.2) is 36.3 Å². The van der Waals surface area contributed by atoms with E-state index in [1.165, 1.54) is 6.26 Å². The van der Waals surface area contributed by atoms with Gasteiger partial charge in [-0.15, -0.1) is 0 Å². The first-order valence-electron chi connectivity index (χ1n) is 9.19. The van der Waals surface area contributed by atoms with E-state index < -0.39 is 5.60 Å². The van der Waals surface area contributed by atoms with Gasteiger partial charge in [-0.25, -0.2) is 0 Å². The molecule has 0 atom stereocenters. The van der Waals surface area contributed by atoms with Gasteiger partial charge in [-0.3, -0.25) is 9.59 Å². The van der Waals surface area contributed by atoms with Gasteiger partial charge in [0.25, 0.3) is 0 Å². The van der Waals surface area contributed by atoms with Gasteiger partial charge in [-0.05, 0) is 17.7 Å². The van der Waals surface area contributed by atoms with Crippen molar-refractivity contribution in [3.63, 3.8) is 0 Å². The molecule has 0 radical (unpaired) electrons. The van der Waals surface area contributed by atoms with Crippen molar-refractivity contribution in [1.29, 1.82) is 0 Å². The number of furan rings is 1. The summed E-state index contributed by atoms with van der Waals surface area (Å²) >= 11 is 0. The van der Waals surface area contributed by atoms with Gasteiger partial charge in [-0.1, -0.05) is 37.3 Å². The zero-order valence-corrected chi connectivity index (χ0v) is 15.1. The molecule has 1 fully saturated rings. The molecule has 26 heavy (non-hydrogen) atoms. The summed E-state index contributed by atoms with van der Waals surface area (Å²) in [4.78, 5) is 26.3. The van der Waals surface area contributed by atoms with Crippen LogP contribution in [0.3, 0.4) is 0 Å². The molecule has 0 amide bonds. The predicted molar refractivity (Wildman–Crippen MR) is 97.8 cm³/mol. The molecular weight excluding hydrogens is 330 g/mol. The number of carbonyl (C=O) groups is 2. The van der Waals surface area contributed by atoms with E-state index in [2.05, 4.69) is 4.90 Å². The number of ether oxygens (including phenoxy) is 1. The fraction of sp³-hybridized carbons (Fsp3) is 0.429. The second kappa shape index (κ2) is 8.32. The lowest BCUT2D eigenvalue weighted by Gasteiger charge is -2.41. The number of esters is 1. The average Bonchev–Trinajstić information content (AvgIpc) is 3.23. The van der Waals surface area contributed by atoms with Crippen LogP contribution < -0.4 is 0 Å². The van der Waals surface area contributed by atoms with Crippen molar-refractivity contribution >= 4 is 11.8 Å². The molecule has 1 aromatic heterocycles. The lowest BCUT2D eigenvalue weighted by Crippen LogP contribution is -2.45. The Morgan fingerprint density at radius 3 is 2.46 bits per heavy atom. The number of likely N-dealkylation sites (tertiary alicyclic amines) is 1. The van der Waals surface area contributed by atoms with E-state index in [4.69, 9.17) is 9.15 Å². The Hall–Kier alpha value is -2.40. The van der Waals surface area contributed by atoms with E-state index in [-0.39, 0.29) is 11.8 Å². The van der Waals surface area contributed by atoms with Gasteiger partial charge in [0.2, 0.25) is 0 Å². The van der Waals surface area contributed by atoms with Crippen molar-refractivity contribution in [2.45, 2.75) is 38.2 Å². The summed E-state index contributed by atoms with van der Waals surface area (Å²) in [6.07, 6.45) is 3.79. The molecule has 1 aliphatic rings. The molecule has 1 saturated heterocycles. The maximum Gasteiger partial charge on any atom is 0.306 e. The Kier molecular flexibility index (Phi) is 5.89. The Morgan fingerprint density at radius 2 is 1.85 bits per heavy atom. The second-order valence-corrected chi connectivity index (χ2v) is 6.68. The molecule has 5 heteroatoms. The van der Waals surface area contributed by atoms with Crippen molar-refractivity contribution < 1.29 is 18.7 Å². The van der Waals surface area contributed by atoms with Crippen LogP contribution in [0.4, 0.5) is 0 Å². The van der Waals surface area contributed by atoms with E-state index in [0.717, 1.165) is 31.5 Å². The van der Waals surface area contributed by atoms with Crippen molar-refractivity contribution in [1.82, 2.24) is 4.90 Å². The standard InChI is InChI=1S/C21H25NO4/c1-2-20(24)26-21(17-7-4-3-5-8-17)11-14-22(15-12-21)13-10-18(23)19-9-6-16-25-19/h3-9,16H,2,10-15H2,1H3. The normalized spacial score (nSPS) is 17.0. The molecule has 1 aliphatic heterocycles. The van der Waals surface area contributed by atoms with Gasteiger partial charge in [0.15, 0.2) is 11.5 Å². The Morgan fingerprint density at radius 1 is 1.12 bits per heavy atom. The smallest absolute Gasteiger partial charge is 0.306 e. The van der Waals surface area contributed by atoms with Crippen LogP contribution in [0.25, 0.3) is 0 Å². The summed E-state index contributed by atoms with van der Waals surface area (Å²) < 4.78 is 11.1. The zero-order chi connectivity index (χ0) is 18.4. The summed E-state index contributed by atoms with van der Waals surface area (Å²) in [6.45, 7) is 4.08. The summed E-state index contributed by atoms with van der Waals surface area (Å²) in [5.74, 6) is 0.264. The molecule has 0 N–H and O–H groups in total. The maximum atomic E-state index is 12.1. The van der Waals surface area contributed by atoms with Crippen LogP contribution in [-0.2, 0) is 15.1 Å². The summed E-state index contributed by atoms with van der Waals surface area (Å²) in [6, 6.07) is 13.4. The monoisotopic (exact) mass is 355 g/mol. The quantitative estimate of drug-likeness (QED) is 0.558. The number of Topliss-reactive ketones (excluding diaryl/α,β-unsaturated/α-hetero) is 1. The Balaban J connectivity index is 1.61. The van der Waals surface area contributed by atoms with Crippen LogP contribution in [0.5, 0.6) is 0 Å². The van der Waals surface area contributed by atoms with Gasteiger partial charge >= 0.3 is 5.97 Å². The second-order valence-electron chi connectivity index (χ2n) is 6.68. The average molecular weight is 355 g/mol. The fourth-order valence-electron chi connectivity index (χ4n) is 3.44. The third-order valence-corrected chi connectivity index (χ3v) is 5.01. The number of rotatable bonds is 7. The number of carbonyl (C=O) groups excluding carboxylic acids is 2. The number of hydrogen-bond acceptors (Lipinski definition) is 5. The molecule has 0 spiro atoms. The van der Waals surface area contributed by atoms with Crippen molar-refractivity contribution in [2.24, 2.45) is 0 Å². The third-order valence-electron chi connectivity index (χ3n) is 5.01. The highest BCUT2D eigenvalue weighted by Gasteiger charge is 2.39. The lowest BCUT2D eigenvalue weighted by molar-refractivity contribution is -0.166. The molecule has 3 rings (SSSR count). The minimum atomic E-state index is -0.560. The number of benzene rings is 1. The lowest BCUT2D eigenvalue weighted by atomic mass is 9.84.